The molecule has 0 saturated carbocycles. The average Bonchev–Trinajstić information content (AvgIpc) is 2.17. The highest BCUT2D eigenvalue weighted by molar-refractivity contribution is 5.85. The molecule has 0 radical (unpaired) electrons. The summed E-state index contributed by atoms with van der Waals surface area (Å²) in [6, 6.07) is 0. The highest BCUT2D eigenvalue weighted by Crippen LogP contribution is 2.21. The molecule has 1 aliphatic heterocycles. The van der Waals surface area contributed by atoms with Gasteiger partial charge >= 0.3 is 0 Å². The van der Waals surface area contributed by atoms with E-state index in [2.05, 4.69) is 11.4 Å². The number of hydrogen-bond acceptors (Lipinski definition) is 1. The Balaban J connectivity index is 2.30. The topological polar surface area (TPSA) is 29.1 Å². The molecule has 0 aromatic carbocycles. The lowest BCUT2D eigenvalue weighted by atomic mass is 10.1. The highest BCUT2D eigenvalue weighted by atomic mass is 16.1. The lowest BCUT2D eigenvalue weighted by molar-refractivity contribution is -0.118. The third-order valence-electron chi connectivity index (χ3n) is 1.90. The number of nitrogens with one attached hydrogen (secondary N) is 1. The first-order chi connectivity index (χ1) is 5.36. The van der Waals surface area contributed by atoms with Gasteiger partial charge in [-0.15, -0.1) is 0 Å². The van der Waals surface area contributed by atoms with Crippen molar-refractivity contribution in [2.24, 2.45) is 0 Å². The Morgan fingerprint density at radius 3 is 3.18 bits per heavy atom. The van der Waals surface area contributed by atoms with Crippen molar-refractivity contribution in [1.82, 2.24) is 5.32 Å². The molecular formula is C9H9NO. The van der Waals surface area contributed by atoms with E-state index in [0.717, 1.165) is 12.1 Å². The zero-order chi connectivity index (χ0) is 7.68. The van der Waals surface area contributed by atoms with Crippen molar-refractivity contribution in [2.75, 3.05) is 0 Å². The van der Waals surface area contributed by atoms with Crippen molar-refractivity contribution < 1.29 is 4.79 Å². The minimum absolute atomic E-state index is 0.120. The lowest BCUT2D eigenvalue weighted by Crippen LogP contribution is -2.13. The molecular weight excluding hydrogens is 138 g/mol. The van der Waals surface area contributed by atoms with E-state index in [4.69, 9.17) is 0 Å². The standard InChI is InChI=1S/C9H9NO/c11-9-6-7-4-2-1-3-5-8(7)10-9/h1-3,5H,4,6H2,(H,10,11). The minimum atomic E-state index is 0.120. The van der Waals surface area contributed by atoms with Crippen LogP contribution in [0.25, 0.3) is 0 Å². The van der Waals surface area contributed by atoms with Gasteiger partial charge in [0.05, 0.1) is 6.42 Å². The van der Waals surface area contributed by atoms with E-state index in [0.29, 0.717) is 6.42 Å². The second kappa shape index (κ2) is 2.38. The van der Waals surface area contributed by atoms with Gasteiger partial charge < -0.3 is 5.32 Å². The van der Waals surface area contributed by atoms with Gasteiger partial charge in [-0.2, -0.15) is 0 Å². The van der Waals surface area contributed by atoms with E-state index in [1.165, 1.54) is 5.57 Å². The summed E-state index contributed by atoms with van der Waals surface area (Å²) >= 11 is 0. The van der Waals surface area contributed by atoms with Crippen LogP contribution in [-0.2, 0) is 4.79 Å². The molecule has 0 atom stereocenters. The summed E-state index contributed by atoms with van der Waals surface area (Å²) in [5.41, 5.74) is 2.21. The predicted octanol–water partition coefficient (Wildman–Crippen LogP) is 1.28. The molecule has 1 N–H and O–H groups in total. The summed E-state index contributed by atoms with van der Waals surface area (Å²) in [6.07, 6.45) is 9.45. The molecule has 0 bridgehead atoms. The van der Waals surface area contributed by atoms with Gasteiger partial charge in [-0.1, -0.05) is 18.2 Å². The molecule has 2 nitrogen and oxygen atoms in total. The van der Waals surface area contributed by atoms with Gasteiger partial charge in [0.1, 0.15) is 0 Å². The molecule has 2 heteroatoms. The quantitative estimate of drug-likeness (QED) is 0.549. The third kappa shape index (κ3) is 1.11. The molecule has 56 valence electrons. The Labute approximate surface area is 65.3 Å². The summed E-state index contributed by atoms with van der Waals surface area (Å²) in [5, 5.41) is 2.81. The van der Waals surface area contributed by atoms with Crippen molar-refractivity contribution in [3.8, 4) is 0 Å². The van der Waals surface area contributed by atoms with Gasteiger partial charge in [0, 0.05) is 5.70 Å². The van der Waals surface area contributed by atoms with Crippen LogP contribution in [0.2, 0.25) is 0 Å². The van der Waals surface area contributed by atoms with Crippen LogP contribution in [0, 0.1) is 0 Å². The van der Waals surface area contributed by atoms with Crippen molar-refractivity contribution >= 4 is 5.91 Å². The smallest absolute Gasteiger partial charge is 0.228 e. The molecule has 0 unspecified atom stereocenters. The van der Waals surface area contributed by atoms with Crippen LogP contribution in [0.1, 0.15) is 12.8 Å². The SMILES string of the molecule is O=C1CC2=C(C=CC=CC2)N1. The van der Waals surface area contributed by atoms with Gasteiger partial charge in [0.15, 0.2) is 0 Å². The van der Waals surface area contributed by atoms with Gasteiger partial charge in [-0.3, -0.25) is 4.79 Å². The van der Waals surface area contributed by atoms with Crippen LogP contribution in [0.4, 0.5) is 0 Å². The molecule has 1 amide bonds. The zero-order valence-electron chi connectivity index (χ0n) is 6.13. The predicted molar refractivity (Wildman–Crippen MR) is 42.7 cm³/mol. The fourth-order valence-electron chi connectivity index (χ4n) is 1.35. The van der Waals surface area contributed by atoms with Gasteiger partial charge in [0.25, 0.3) is 0 Å². The van der Waals surface area contributed by atoms with E-state index in [1.807, 2.05) is 18.2 Å². The molecule has 2 aliphatic rings. The number of carbonyl (C=O) groups is 1. The van der Waals surface area contributed by atoms with Crippen molar-refractivity contribution in [3.05, 3.63) is 35.6 Å². The van der Waals surface area contributed by atoms with E-state index < -0.39 is 0 Å². The minimum Gasteiger partial charge on any atom is -0.326 e. The molecule has 1 aliphatic carbocycles. The van der Waals surface area contributed by atoms with Gasteiger partial charge in [-0.25, -0.2) is 0 Å². The Kier molecular flexibility index (Phi) is 1.39. The van der Waals surface area contributed by atoms with E-state index in [-0.39, 0.29) is 5.91 Å². The largest absolute Gasteiger partial charge is 0.326 e. The number of allylic oxidation sites excluding steroid dienone is 4. The first-order valence-corrected chi connectivity index (χ1v) is 3.71. The van der Waals surface area contributed by atoms with Crippen LogP contribution in [0.15, 0.2) is 35.6 Å². The van der Waals surface area contributed by atoms with Crippen LogP contribution in [-0.4, -0.2) is 5.91 Å². The fraction of sp³-hybridized carbons (Fsp3) is 0.222. The molecule has 0 saturated heterocycles. The number of rotatable bonds is 0. The van der Waals surface area contributed by atoms with E-state index >= 15 is 0 Å². The molecule has 11 heavy (non-hydrogen) atoms. The number of hydrogen-bond donors (Lipinski definition) is 1. The Hall–Kier alpha value is -1.31. The third-order valence-corrected chi connectivity index (χ3v) is 1.90. The van der Waals surface area contributed by atoms with Crippen LogP contribution in [0.3, 0.4) is 0 Å². The summed E-state index contributed by atoms with van der Waals surface area (Å²) in [7, 11) is 0. The van der Waals surface area contributed by atoms with Crippen molar-refractivity contribution in [3.63, 3.8) is 0 Å². The average molecular weight is 147 g/mol. The van der Waals surface area contributed by atoms with E-state index in [9.17, 15) is 4.79 Å². The monoisotopic (exact) mass is 147 g/mol. The first kappa shape index (κ1) is 6.40. The first-order valence-electron chi connectivity index (χ1n) is 3.71. The maximum Gasteiger partial charge on any atom is 0.228 e. The molecule has 0 aromatic heterocycles. The number of carbonyl (C=O) groups excluding carboxylic acids is 1. The number of amides is 1. The van der Waals surface area contributed by atoms with E-state index in [1.54, 1.807) is 0 Å². The molecule has 2 rings (SSSR count). The second-order valence-electron chi connectivity index (χ2n) is 2.73. The zero-order valence-corrected chi connectivity index (χ0v) is 6.13. The summed E-state index contributed by atoms with van der Waals surface area (Å²) in [4.78, 5) is 10.9. The molecule has 0 aromatic rings. The summed E-state index contributed by atoms with van der Waals surface area (Å²) in [5.74, 6) is 0.120. The summed E-state index contributed by atoms with van der Waals surface area (Å²) in [6.45, 7) is 0. The summed E-state index contributed by atoms with van der Waals surface area (Å²) < 4.78 is 0. The van der Waals surface area contributed by atoms with Crippen LogP contribution < -0.4 is 5.32 Å². The maximum absolute atomic E-state index is 10.9. The maximum atomic E-state index is 10.9. The Morgan fingerprint density at radius 1 is 1.36 bits per heavy atom. The molecule has 0 fully saturated rings. The second-order valence-corrected chi connectivity index (χ2v) is 2.73. The highest BCUT2D eigenvalue weighted by Gasteiger charge is 2.18. The van der Waals surface area contributed by atoms with Gasteiger partial charge in [-0.05, 0) is 18.1 Å². The van der Waals surface area contributed by atoms with Crippen molar-refractivity contribution in [1.29, 1.82) is 0 Å². The van der Waals surface area contributed by atoms with Crippen molar-refractivity contribution in [2.45, 2.75) is 12.8 Å². The molecule has 1 heterocycles. The fourth-order valence-corrected chi connectivity index (χ4v) is 1.35. The van der Waals surface area contributed by atoms with Crippen LogP contribution in [0.5, 0.6) is 0 Å². The van der Waals surface area contributed by atoms with Gasteiger partial charge in [0.2, 0.25) is 5.91 Å². The van der Waals surface area contributed by atoms with Crippen LogP contribution >= 0.6 is 0 Å². The normalized spacial score (nSPS) is 21.6. The lowest BCUT2D eigenvalue weighted by Gasteiger charge is -1.94. The Morgan fingerprint density at radius 2 is 2.27 bits per heavy atom. The Bertz CT molecular complexity index is 284. The molecule has 0 spiro atoms.